The summed E-state index contributed by atoms with van der Waals surface area (Å²) in [4.78, 5) is 0. The van der Waals surface area contributed by atoms with Gasteiger partial charge in [-0.3, -0.25) is 0 Å². The Balaban J connectivity index is 2.21. The van der Waals surface area contributed by atoms with E-state index in [-0.39, 0.29) is 11.7 Å². The van der Waals surface area contributed by atoms with E-state index >= 15 is 0 Å². The van der Waals surface area contributed by atoms with Gasteiger partial charge >= 0.3 is 0 Å². The molecule has 2 rings (SSSR count). The van der Waals surface area contributed by atoms with Crippen molar-refractivity contribution in [2.75, 3.05) is 19.7 Å². The van der Waals surface area contributed by atoms with Gasteiger partial charge in [0.25, 0.3) is 0 Å². The molecule has 19 heavy (non-hydrogen) atoms. The molecule has 1 atom stereocenters. The lowest BCUT2D eigenvalue weighted by Crippen LogP contribution is -2.50. The van der Waals surface area contributed by atoms with Crippen LogP contribution in [0.25, 0.3) is 0 Å². The Labute approximate surface area is 116 Å². The zero-order valence-corrected chi connectivity index (χ0v) is 12.2. The highest BCUT2D eigenvalue weighted by Gasteiger charge is 2.35. The molecule has 0 saturated carbocycles. The van der Waals surface area contributed by atoms with Crippen LogP contribution in [0.4, 0.5) is 0 Å². The lowest BCUT2D eigenvalue weighted by Gasteiger charge is -2.41. The van der Waals surface area contributed by atoms with Gasteiger partial charge in [0.15, 0.2) is 0 Å². The molecule has 0 radical (unpaired) electrons. The van der Waals surface area contributed by atoms with E-state index in [0.717, 1.165) is 37.2 Å². The van der Waals surface area contributed by atoms with Gasteiger partial charge in [-0.15, -0.1) is 0 Å². The van der Waals surface area contributed by atoms with Crippen molar-refractivity contribution in [1.29, 1.82) is 0 Å². The maximum Gasteiger partial charge on any atom is 0.125 e. The van der Waals surface area contributed by atoms with Crippen LogP contribution in [0.3, 0.4) is 0 Å². The molecule has 1 heterocycles. The minimum absolute atomic E-state index is 0.0394. The first-order valence-corrected chi connectivity index (χ1v) is 7.35. The third kappa shape index (κ3) is 3.10. The Morgan fingerprint density at radius 1 is 1.26 bits per heavy atom. The summed E-state index contributed by atoms with van der Waals surface area (Å²) < 4.78 is 12.1. The largest absolute Gasteiger partial charge is 0.493 e. The van der Waals surface area contributed by atoms with Crippen molar-refractivity contribution in [1.82, 2.24) is 5.32 Å². The summed E-state index contributed by atoms with van der Waals surface area (Å²) in [5.74, 6) is 0.944. The van der Waals surface area contributed by atoms with Crippen molar-refractivity contribution in [3.63, 3.8) is 0 Å². The second kappa shape index (κ2) is 6.40. The monoisotopic (exact) mass is 263 g/mol. The standard InChI is InChI=1S/C16H25NO2/c1-4-16(5-2)12-17-11-15(19-16)13-9-7-8-10-14(13)18-6-3/h7-10,15,17H,4-6,11-12H2,1-3H3. The van der Waals surface area contributed by atoms with Crippen LogP contribution in [0.1, 0.15) is 45.3 Å². The zero-order valence-electron chi connectivity index (χ0n) is 12.2. The molecule has 1 fully saturated rings. The fraction of sp³-hybridized carbons (Fsp3) is 0.625. The molecule has 1 aliphatic rings. The van der Waals surface area contributed by atoms with Crippen LogP contribution in [0.15, 0.2) is 24.3 Å². The lowest BCUT2D eigenvalue weighted by molar-refractivity contribution is -0.123. The normalized spacial score (nSPS) is 22.2. The molecule has 0 bridgehead atoms. The van der Waals surface area contributed by atoms with Crippen molar-refractivity contribution in [2.45, 2.75) is 45.3 Å². The first-order chi connectivity index (χ1) is 9.24. The summed E-state index contributed by atoms with van der Waals surface area (Å²) in [6.07, 6.45) is 2.14. The fourth-order valence-electron chi connectivity index (χ4n) is 2.69. The second-order valence-electron chi connectivity index (χ2n) is 5.10. The molecule has 0 aromatic heterocycles. The first-order valence-electron chi connectivity index (χ1n) is 7.35. The smallest absolute Gasteiger partial charge is 0.125 e. The van der Waals surface area contributed by atoms with E-state index in [1.54, 1.807) is 0 Å². The van der Waals surface area contributed by atoms with Crippen molar-refractivity contribution in [3.8, 4) is 5.75 Å². The average Bonchev–Trinajstić information content (AvgIpc) is 2.48. The third-order valence-electron chi connectivity index (χ3n) is 4.02. The number of para-hydroxylation sites is 1. The third-order valence-corrected chi connectivity index (χ3v) is 4.02. The number of ether oxygens (including phenoxy) is 2. The number of hydrogen-bond donors (Lipinski definition) is 1. The fourth-order valence-corrected chi connectivity index (χ4v) is 2.69. The molecule has 3 nitrogen and oxygen atoms in total. The molecule has 1 saturated heterocycles. The van der Waals surface area contributed by atoms with Gasteiger partial charge in [-0.05, 0) is 25.8 Å². The first kappa shape index (κ1) is 14.4. The predicted octanol–water partition coefficient (Wildman–Crippen LogP) is 3.31. The molecule has 1 aromatic rings. The summed E-state index contributed by atoms with van der Waals surface area (Å²) in [6.45, 7) is 8.88. The Morgan fingerprint density at radius 3 is 2.68 bits per heavy atom. The summed E-state index contributed by atoms with van der Waals surface area (Å²) in [5, 5.41) is 3.51. The van der Waals surface area contributed by atoms with E-state index in [0.29, 0.717) is 6.61 Å². The molecule has 106 valence electrons. The Bertz CT molecular complexity index is 401. The van der Waals surface area contributed by atoms with Crippen molar-refractivity contribution in [3.05, 3.63) is 29.8 Å². The Hall–Kier alpha value is -1.06. The van der Waals surface area contributed by atoms with Crippen LogP contribution in [0.5, 0.6) is 5.75 Å². The van der Waals surface area contributed by atoms with Gasteiger partial charge in [-0.25, -0.2) is 0 Å². The van der Waals surface area contributed by atoms with Crippen molar-refractivity contribution in [2.24, 2.45) is 0 Å². The minimum Gasteiger partial charge on any atom is -0.493 e. The molecule has 0 spiro atoms. The maximum absolute atomic E-state index is 6.40. The summed E-state index contributed by atoms with van der Waals surface area (Å²) in [5.41, 5.74) is 1.12. The summed E-state index contributed by atoms with van der Waals surface area (Å²) in [7, 11) is 0. The highest BCUT2D eigenvalue weighted by atomic mass is 16.5. The molecule has 0 aliphatic carbocycles. The van der Waals surface area contributed by atoms with Gasteiger partial charge in [0.05, 0.1) is 18.3 Å². The molecule has 3 heteroatoms. The molecule has 1 unspecified atom stereocenters. The molecule has 0 amide bonds. The highest BCUT2D eigenvalue weighted by molar-refractivity contribution is 5.35. The van der Waals surface area contributed by atoms with Crippen LogP contribution in [0.2, 0.25) is 0 Å². The van der Waals surface area contributed by atoms with Crippen LogP contribution < -0.4 is 10.1 Å². The van der Waals surface area contributed by atoms with Crippen LogP contribution in [0, 0.1) is 0 Å². The molecule has 1 N–H and O–H groups in total. The molecular formula is C16H25NO2. The number of morpholine rings is 1. The zero-order chi connectivity index (χ0) is 13.7. The Kier molecular flexibility index (Phi) is 4.83. The van der Waals surface area contributed by atoms with Crippen LogP contribution in [-0.2, 0) is 4.74 Å². The van der Waals surface area contributed by atoms with E-state index in [9.17, 15) is 0 Å². The predicted molar refractivity (Wildman–Crippen MR) is 77.6 cm³/mol. The van der Waals surface area contributed by atoms with Crippen LogP contribution >= 0.6 is 0 Å². The Morgan fingerprint density at radius 2 is 2.00 bits per heavy atom. The van der Waals surface area contributed by atoms with E-state index < -0.39 is 0 Å². The van der Waals surface area contributed by atoms with Crippen molar-refractivity contribution < 1.29 is 9.47 Å². The van der Waals surface area contributed by atoms with Crippen molar-refractivity contribution >= 4 is 0 Å². The van der Waals surface area contributed by atoms with Gasteiger partial charge in [-0.2, -0.15) is 0 Å². The van der Waals surface area contributed by atoms with E-state index in [4.69, 9.17) is 9.47 Å². The average molecular weight is 263 g/mol. The molecule has 1 aromatic carbocycles. The van der Waals surface area contributed by atoms with Gasteiger partial charge in [0.1, 0.15) is 5.75 Å². The number of nitrogens with one attached hydrogen (secondary N) is 1. The summed E-state index contributed by atoms with van der Waals surface area (Å²) >= 11 is 0. The number of hydrogen-bond acceptors (Lipinski definition) is 3. The lowest BCUT2D eigenvalue weighted by atomic mass is 9.93. The van der Waals surface area contributed by atoms with Gasteiger partial charge in [-0.1, -0.05) is 32.0 Å². The topological polar surface area (TPSA) is 30.5 Å². The highest BCUT2D eigenvalue weighted by Crippen LogP contribution is 2.35. The second-order valence-corrected chi connectivity index (χ2v) is 5.10. The minimum atomic E-state index is -0.0394. The van der Waals surface area contributed by atoms with Gasteiger partial charge < -0.3 is 14.8 Å². The summed E-state index contributed by atoms with van der Waals surface area (Å²) in [6, 6.07) is 8.20. The maximum atomic E-state index is 6.40. The number of rotatable bonds is 5. The molecular weight excluding hydrogens is 238 g/mol. The SMILES string of the molecule is CCOc1ccccc1C1CNCC(CC)(CC)O1. The van der Waals surface area contributed by atoms with E-state index in [2.05, 4.69) is 31.3 Å². The van der Waals surface area contributed by atoms with Crippen LogP contribution in [-0.4, -0.2) is 25.3 Å². The van der Waals surface area contributed by atoms with Gasteiger partial charge in [0.2, 0.25) is 0 Å². The van der Waals surface area contributed by atoms with E-state index in [1.165, 1.54) is 0 Å². The molecule has 1 aliphatic heterocycles. The number of benzene rings is 1. The van der Waals surface area contributed by atoms with Gasteiger partial charge in [0, 0.05) is 18.7 Å². The quantitative estimate of drug-likeness (QED) is 0.884. The van der Waals surface area contributed by atoms with E-state index in [1.807, 2.05) is 19.1 Å².